The quantitative estimate of drug-likeness (QED) is 0.370. The summed E-state index contributed by atoms with van der Waals surface area (Å²) in [5, 5.41) is 10.4. The van der Waals surface area contributed by atoms with E-state index in [-0.39, 0.29) is 37.5 Å². The zero-order valence-corrected chi connectivity index (χ0v) is 22.9. The molecule has 0 aliphatic carbocycles. The summed E-state index contributed by atoms with van der Waals surface area (Å²) in [5.41, 5.74) is 6.51. The fourth-order valence-electron chi connectivity index (χ4n) is 5.82. The van der Waals surface area contributed by atoms with E-state index in [1.54, 1.807) is 6.07 Å². The molecule has 2 fully saturated rings. The van der Waals surface area contributed by atoms with Crippen LogP contribution in [-0.2, 0) is 19.6 Å². The van der Waals surface area contributed by atoms with Crippen LogP contribution in [0.1, 0.15) is 50.5 Å². The van der Waals surface area contributed by atoms with Gasteiger partial charge in [-0.05, 0) is 49.9 Å². The van der Waals surface area contributed by atoms with Crippen molar-refractivity contribution >= 4 is 21.9 Å². The molecule has 1 aromatic carbocycles. The van der Waals surface area contributed by atoms with Crippen LogP contribution in [0.2, 0.25) is 0 Å². The molecule has 0 aromatic heterocycles. The van der Waals surface area contributed by atoms with E-state index in [0.717, 1.165) is 18.4 Å². The number of carboxylic acid groups (broad SMARTS) is 1. The molecular weight excluding hydrogens is 512 g/mol. The highest BCUT2D eigenvalue weighted by molar-refractivity contribution is 7.89. The van der Waals surface area contributed by atoms with Gasteiger partial charge in [0.1, 0.15) is 0 Å². The Hall–Kier alpha value is -2.41. The van der Waals surface area contributed by atoms with Gasteiger partial charge in [0, 0.05) is 44.7 Å². The number of unbranched alkanes of at least 4 members (excludes halogenated alkanes) is 1. The summed E-state index contributed by atoms with van der Waals surface area (Å²) in [6.45, 7) is 5.01. The number of nitrogens with two attached hydrogens (primary N) is 1. The van der Waals surface area contributed by atoms with E-state index in [2.05, 4.69) is 6.92 Å². The van der Waals surface area contributed by atoms with Gasteiger partial charge in [-0.25, -0.2) is 12.7 Å². The second-order valence-electron chi connectivity index (χ2n) is 10.3. The highest BCUT2D eigenvalue weighted by Crippen LogP contribution is 2.43. The molecule has 0 saturated carbocycles. The molecule has 3 aliphatic heterocycles. The predicted molar refractivity (Wildman–Crippen MR) is 142 cm³/mol. The summed E-state index contributed by atoms with van der Waals surface area (Å²) in [6, 6.07) is 4.97. The standard InChI is InChI=1S/C26H40N4O7S/c1-2-3-10-28(11-4-9-27)24(31)17-29-16-20(19-6-7-22-23(15-19)37-18-36-22)25(26(32)33)21(29)8-13-30-12-5-14-38(30,34)35/h6-7,15,20-21,25H,2-5,8-14,16-18,27H2,1H3,(H,32,33)/t20-,21+,25-/m1/s1. The van der Waals surface area contributed by atoms with E-state index in [4.69, 9.17) is 15.2 Å². The number of carbonyl (C=O) groups excluding carboxylic acids is 1. The number of likely N-dealkylation sites (tertiary alicyclic amines) is 1. The Morgan fingerprint density at radius 2 is 1.95 bits per heavy atom. The SMILES string of the molecule is CCCCN(CCCN)C(=O)CN1C[C@H](c2ccc3c(c2)OCO3)[C@@H](C(=O)O)[C@@H]1CCN1CCCS1(=O)=O. The van der Waals surface area contributed by atoms with Crippen LogP contribution < -0.4 is 15.2 Å². The minimum Gasteiger partial charge on any atom is -0.481 e. The first-order valence-corrected chi connectivity index (χ1v) is 15.2. The van der Waals surface area contributed by atoms with E-state index in [1.165, 1.54) is 4.31 Å². The molecule has 3 atom stereocenters. The van der Waals surface area contributed by atoms with Crippen LogP contribution in [0, 0.1) is 5.92 Å². The Kier molecular flexibility index (Phi) is 9.50. The summed E-state index contributed by atoms with van der Waals surface area (Å²) in [7, 11) is -3.31. The lowest BCUT2D eigenvalue weighted by Gasteiger charge is -2.30. The average Bonchev–Trinajstić information content (AvgIpc) is 3.58. The number of hydrogen-bond donors (Lipinski definition) is 2. The fraction of sp³-hybridized carbons (Fsp3) is 0.692. The van der Waals surface area contributed by atoms with Crippen LogP contribution in [-0.4, -0.2) is 104 Å². The molecule has 3 N–H and O–H groups in total. The second kappa shape index (κ2) is 12.6. The molecule has 4 rings (SSSR count). The van der Waals surface area contributed by atoms with E-state index >= 15 is 0 Å². The first-order chi connectivity index (χ1) is 18.2. The van der Waals surface area contributed by atoms with Gasteiger partial charge in [0.15, 0.2) is 11.5 Å². The van der Waals surface area contributed by atoms with Gasteiger partial charge in [0.2, 0.25) is 22.7 Å². The first-order valence-electron chi connectivity index (χ1n) is 13.6. The van der Waals surface area contributed by atoms with Crippen molar-refractivity contribution in [2.24, 2.45) is 11.7 Å². The van der Waals surface area contributed by atoms with Crippen molar-refractivity contribution in [3.05, 3.63) is 23.8 Å². The molecular formula is C26H40N4O7S. The van der Waals surface area contributed by atoms with Gasteiger partial charge in [0.25, 0.3) is 0 Å². The Morgan fingerprint density at radius 3 is 2.63 bits per heavy atom. The molecule has 212 valence electrons. The van der Waals surface area contributed by atoms with Crippen LogP contribution in [0.3, 0.4) is 0 Å². The molecule has 3 heterocycles. The second-order valence-corrected chi connectivity index (χ2v) is 12.4. The molecule has 0 bridgehead atoms. The number of carboxylic acids is 1. The van der Waals surface area contributed by atoms with Gasteiger partial charge in [0.05, 0.1) is 18.2 Å². The van der Waals surface area contributed by atoms with Gasteiger partial charge >= 0.3 is 5.97 Å². The maximum atomic E-state index is 13.4. The molecule has 0 unspecified atom stereocenters. The predicted octanol–water partition coefficient (Wildman–Crippen LogP) is 1.29. The summed E-state index contributed by atoms with van der Waals surface area (Å²) in [5.74, 6) is -0.884. The number of hydrogen-bond acceptors (Lipinski definition) is 8. The number of amides is 1. The number of sulfonamides is 1. The smallest absolute Gasteiger partial charge is 0.308 e. The van der Waals surface area contributed by atoms with Crippen LogP contribution in [0.4, 0.5) is 0 Å². The van der Waals surface area contributed by atoms with Crippen LogP contribution in [0.15, 0.2) is 18.2 Å². The summed E-state index contributed by atoms with van der Waals surface area (Å²) in [4.78, 5) is 29.9. The van der Waals surface area contributed by atoms with Crippen LogP contribution >= 0.6 is 0 Å². The summed E-state index contributed by atoms with van der Waals surface area (Å²) >= 11 is 0. The number of rotatable bonds is 13. The number of ether oxygens (including phenoxy) is 2. The van der Waals surface area contributed by atoms with E-state index in [9.17, 15) is 23.1 Å². The average molecular weight is 553 g/mol. The van der Waals surface area contributed by atoms with Gasteiger partial charge in [-0.2, -0.15) is 0 Å². The van der Waals surface area contributed by atoms with Gasteiger partial charge in [-0.15, -0.1) is 0 Å². The van der Waals surface area contributed by atoms with Gasteiger partial charge in [-0.3, -0.25) is 14.5 Å². The third-order valence-corrected chi connectivity index (χ3v) is 9.80. The van der Waals surface area contributed by atoms with E-state index in [0.29, 0.717) is 63.5 Å². The molecule has 2 saturated heterocycles. The van der Waals surface area contributed by atoms with Gasteiger partial charge in [-0.1, -0.05) is 19.4 Å². The molecule has 1 amide bonds. The number of nitrogens with zero attached hydrogens (tertiary/aromatic N) is 3. The number of fused-ring (bicyclic) bond motifs is 1. The largest absolute Gasteiger partial charge is 0.481 e. The highest BCUT2D eigenvalue weighted by atomic mass is 32.2. The molecule has 12 heteroatoms. The number of carbonyl (C=O) groups is 2. The zero-order valence-electron chi connectivity index (χ0n) is 22.1. The first kappa shape index (κ1) is 28.6. The minimum absolute atomic E-state index is 0.0545. The molecule has 0 radical (unpaired) electrons. The lowest BCUT2D eigenvalue weighted by molar-refractivity contribution is -0.143. The Bertz CT molecular complexity index is 1090. The monoisotopic (exact) mass is 552 g/mol. The molecule has 1 aromatic rings. The zero-order chi connectivity index (χ0) is 27.3. The normalized spacial score (nSPS) is 24.6. The van der Waals surface area contributed by atoms with Crippen molar-refractivity contribution in [3.63, 3.8) is 0 Å². The third-order valence-electron chi connectivity index (χ3n) is 7.84. The van der Waals surface area contributed by atoms with Crippen molar-refractivity contribution in [2.45, 2.75) is 51.0 Å². The number of aliphatic carboxylic acids is 1. The maximum absolute atomic E-state index is 13.4. The minimum atomic E-state index is -3.31. The molecule has 3 aliphatic rings. The number of benzene rings is 1. The van der Waals surface area contributed by atoms with E-state index in [1.807, 2.05) is 21.9 Å². The lowest BCUT2D eigenvalue weighted by atomic mass is 9.84. The fourth-order valence-corrected chi connectivity index (χ4v) is 7.36. The van der Waals surface area contributed by atoms with Crippen molar-refractivity contribution in [2.75, 3.05) is 58.4 Å². The van der Waals surface area contributed by atoms with Crippen LogP contribution in [0.25, 0.3) is 0 Å². The third kappa shape index (κ3) is 6.41. The Morgan fingerprint density at radius 1 is 1.18 bits per heavy atom. The Balaban J connectivity index is 1.59. The Labute approximate surface area is 224 Å². The van der Waals surface area contributed by atoms with Crippen molar-refractivity contribution < 1.29 is 32.6 Å². The molecule has 0 spiro atoms. The topological polar surface area (TPSA) is 143 Å². The lowest BCUT2D eigenvalue weighted by Crippen LogP contribution is -2.46. The van der Waals surface area contributed by atoms with Crippen LogP contribution in [0.5, 0.6) is 11.5 Å². The van der Waals surface area contributed by atoms with Gasteiger partial charge < -0.3 is 25.2 Å². The van der Waals surface area contributed by atoms with E-state index < -0.39 is 28.0 Å². The van der Waals surface area contributed by atoms with Crippen molar-refractivity contribution in [3.8, 4) is 11.5 Å². The summed E-state index contributed by atoms with van der Waals surface area (Å²) < 4.78 is 37.3. The van der Waals surface area contributed by atoms with Crippen molar-refractivity contribution in [1.29, 1.82) is 0 Å². The highest BCUT2D eigenvalue weighted by Gasteiger charge is 2.47. The maximum Gasteiger partial charge on any atom is 0.308 e. The molecule has 11 nitrogen and oxygen atoms in total. The van der Waals surface area contributed by atoms with Crippen molar-refractivity contribution in [1.82, 2.24) is 14.1 Å². The molecule has 38 heavy (non-hydrogen) atoms. The summed E-state index contributed by atoms with van der Waals surface area (Å²) in [6.07, 6.45) is 3.44.